The molecule has 3 heterocycles. The number of ether oxygens (including phenoxy) is 1. The largest absolute Gasteiger partial charge is 0.466 e. The van der Waals surface area contributed by atoms with Crippen molar-refractivity contribution in [3.05, 3.63) is 23.0 Å². The number of carbonyl (C=O) groups is 1. The predicted molar refractivity (Wildman–Crippen MR) is 131 cm³/mol. The van der Waals surface area contributed by atoms with Crippen molar-refractivity contribution < 1.29 is 22.7 Å². The molecule has 0 radical (unpaired) electrons. The Morgan fingerprint density at radius 2 is 1.94 bits per heavy atom. The van der Waals surface area contributed by atoms with Crippen LogP contribution in [0.1, 0.15) is 101 Å². The van der Waals surface area contributed by atoms with Gasteiger partial charge in [-0.3, -0.25) is 4.79 Å². The van der Waals surface area contributed by atoms with E-state index in [-0.39, 0.29) is 24.7 Å². The van der Waals surface area contributed by atoms with Gasteiger partial charge in [-0.2, -0.15) is 22.8 Å². The lowest BCUT2D eigenvalue weighted by Gasteiger charge is -2.41. The van der Waals surface area contributed by atoms with E-state index < -0.39 is 17.5 Å². The molecule has 0 N–H and O–H groups in total. The highest BCUT2D eigenvalue weighted by atomic mass is 19.4. The Labute approximate surface area is 210 Å². The van der Waals surface area contributed by atoms with Gasteiger partial charge in [-0.15, -0.1) is 0 Å². The normalized spacial score (nSPS) is 29.3. The highest BCUT2D eigenvalue weighted by Crippen LogP contribution is 2.44. The second-order valence-corrected chi connectivity index (χ2v) is 11.3. The number of halogens is 3. The standard InChI is InChI=1S/C27H37F3N4O2/c1-4-36-25(35)26(3)13-6-14-33(16-26)24-23-17(2)7-5-8-20(23)31-22-15-21(32-34(22)24)18-9-11-19(12-10-18)27(28,29)30/h15,17-19H,4-14,16H2,1-3H3/t17-,18?,19?,26-/m1/s1. The van der Waals surface area contributed by atoms with E-state index in [0.29, 0.717) is 31.9 Å². The fraction of sp³-hybridized carbons (Fsp3) is 0.741. The number of hydrogen-bond acceptors (Lipinski definition) is 5. The van der Waals surface area contributed by atoms with Crippen molar-refractivity contribution in [3.8, 4) is 0 Å². The fourth-order valence-electron chi connectivity index (χ4n) is 6.59. The van der Waals surface area contributed by atoms with E-state index in [1.807, 2.05) is 24.4 Å². The summed E-state index contributed by atoms with van der Waals surface area (Å²) in [6.45, 7) is 7.78. The second-order valence-electron chi connectivity index (χ2n) is 11.3. The number of esters is 1. The Hall–Kier alpha value is -2.32. The highest BCUT2D eigenvalue weighted by molar-refractivity contribution is 5.78. The maximum atomic E-state index is 13.2. The van der Waals surface area contributed by atoms with Crippen LogP contribution in [0.3, 0.4) is 0 Å². The highest BCUT2D eigenvalue weighted by Gasteiger charge is 2.43. The molecule has 6 nitrogen and oxygen atoms in total. The number of hydrogen-bond donors (Lipinski definition) is 0. The number of fused-ring (bicyclic) bond motifs is 2. The van der Waals surface area contributed by atoms with E-state index in [4.69, 9.17) is 14.8 Å². The van der Waals surface area contributed by atoms with Gasteiger partial charge in [0, 0.05) is 30.6 Å². The minimum atomic E-state index is -4.12. The van der Waals surface area contributed by atoms with E-state index >= 15 is 0 Å². The van der Waals surface area contributed by atoms with Gasteiger partial charge in [-0.05, 0) is 77.6 Å². The molecule has 1 aliphatic heterocycles. The summed E-state index contributed by atoms with van der Waals surface area (Å²) >= 11 is 0. The molecule has 0 spiro atoms. The van der Waals surface area contributed by atoms with Gasteiger partial charge in [-0.1, -0.05) is 6.92 Å². The van der Waals surface area contributed by atoms with Crippen molar-refractivity contribution in [1.29, 1.82) is 0 Å². The molecule has 3 aliphatic rings. The lowest BCUT2D eigenvalue weighted by Crippen LogP contribution is -2.48. The minimum Gasteiger partial charge on any atom is -0.466 e. The van der Waals surface area contributed by atoms with Gasteiger partial charge in [0.1, 0.15) is 5.82 Å². The van der Waals surface area contributed by atoms with E-state index in [1.54, 1.807) is 0 Å². The molecule has 9 heteroatoms. The van der Waals surface area contributed by atoms with Gasteiger partial charge >= 0.3 is 12.1 Å². The number of piperidine rings is 1. The van der Waals surface area contributed by atoms with Crippen LogP contribution in [0.4, 0.5) is 19.0 Å². The van der Waals surface area contributed by atoms with Crippen LogP contribution in [0.5, 0.6) is 0 Å². The topological polar surface area (TPSA) is 59.7 Å². The number of aryl methyl sites for hydroxylation is 1. The molecular formula is C27H37F3N4O2. The first-order valence-electron chi connectivity index (χ1n) is 13.5. The smallest absolute Gasteiger partial charge is 0.391 e. The summed E-state index contributed by atoms with van der Waals surface area (Å²) < 4.78 is 47.0. The van der Waals surface area contributed by atoms with Crippen LogP contribution in [0.25, 0.3) is 5.65 Å². The Kier molecular flexibility index (Phi) is 6.70. The Morgan fingerprint density at radius 3 is 2.64 bits per heavy atom. The lowest BCUT2D eigenvalue weighted by molar-refractivity contribution is -0.182. The van der Waals surface area contributed by atoms with E-state index in [1.165, 1.54) is 5.56 Å². The molecule has 198 valence electrons. The van der Waals surface area contributed by atoms with Crippen molar-refractivity contribution in [2.24, 2.45) is 11.3 Å². The zero-order chi connectivity index (χ0) is 25.7. The number of anilines is 1. The van der Waals surface area contributed by atoms with E-state index in [2.05, 4.69) is 11.8 Å². The summed E-state index contributed by atoms with van der Waals surface area (Å²) in [4.78, 5) is 20.1. The monoisotopic (exact) mass is 506 g/mol. The molecule has 0 unspecified atom stereocenters. The molecule has 1 saturated carbocycles. The number of nitrogens with zero attached hydrogens (tertiary/aromatic N) is 4. The first-order valence-corrected chi connectivity index (χ1v) is 13.5. The molecule has 2 fully saturated rings. The molecular weight excluding hydrogens is 469 g/mol. The average molecular weight is 507 g/mol. The van der Waals surface area contributed by atoms with Gasteiger partial charge in [0.05, 0.1) is 29.3 Å². The van der Waals surface area contributed by atoms with Gasteiger partial charge in [0.15, 0.2) is 5.65 Å². The molecule has 5 rings (SSSR count). The number of alkyl halides is 3. The summed E-state index contributed by atoms with van der Waals surface area (Å²) in [5.74, 6) is -0.0243. The second kappa shape index (κ2) is 9.53. The maximum absolute atomic E-state index is 13.2. The molecule has 0 amide bonds. The van der Waals surface area contributed by atoms with Gasteiger partial charge in [0.2, 0.25) is 0 Å². The molecule has 2 aliphatic carbocycles. The maximum Gasteiger partial charge on any atom is 0.391 e. The van der Waals surface area contributed by atoms with Crippen LogP contribution < -0.4 is 4.90 Å². The van der Waals surface area contributed by atoms with Crippen LogP contribution >= 0.6 is 0 Å². The molecule has 2 aromatic heterocycles. The van der Waals surface area contributed by atoms with Crippen molar-refractivity contribution >= 4 is 17.4 Å². The van der Waals surface area contributed by atoms with Crippen molar-refractivity contribution in [2.45, 2.75) is 96.6 Å². The van der Waals surface area contributed by atoms with Gasteiger partial charge in [0.25, 0.3) is 0 Å². The van der Waals surface area contributed by atoms with Crippen molar-refractivity contribution in [1.82, 2.24) is 14.6 Å². The zero-order valence-electron chi connectivity index (χ0n) is 21.5. The first-order chi connectivity index (χ1) is 17.1. The minimum absolute atomic E-state index is 0.0127. The molecule has 0 bridgehead atoms. The Balaban J connectivity index is 1.53. The summed E-state index contributed by atoms with van der Waals surface area (Å²) in [6, 6.07) is 1.98. The van der Waals surface area contributed by atoms with E-state index in [0.717, 1.165) is 61.5 Å². The third kappa shape index (κ3) is 4.58. The van der Waals surface area contributed by atoms with Crippen LogP contribution in [-0.2, 0) is 16.0 Å². The summed E-state index contributed by atoms with van der Waals surface area (Å²) in [5.41, 5.74) is 3.29. The summed E-state index contributed by atoms with van der Waals surface area (Å²) in [6.07, 6.45) is 1.88. The van der Waals surface area contributed by atoms with Crippen molar-refractivity contribution in [3.63, 3.8) is 0 Å². The third-order valence-corrected chi connectivity index (χ3v) is 8.63. The fourth-order valence-corrected chi connectivity index (χ4v) is 6.59. The molecule has 2 atom stereocenters. The van der Waals surface area contributed by atoms with Crippen LogP contribution in [0.2, 0.25) is 0 Å². The van der Waals surface area contributed by atoms with E-state index in [9.17, 15) is 18.0 Å². The first kappa shape index (κ1) is 25.3. The zero-order valence-corrected chi connectivity index (χ0v) is 21.5. The number of aromatic nitrogens is 3. The Morgan fingerprint density at radius 1 is 1.19 bits per heavy atom. The molecule has 0 aromatic carbocycles. The number of carbonyl (C=O) groups excluding carboxylic acids is 1. The van der Waals surface area contributed by atoms with Crippen LogP contribution in [0, 0.1) is 11.3 Å². The number of rotatable bonds is 4. The van der Waals surface area contributed by atoms with Gasteiger partial charge in [-0.25, -0.2) is 4.98 Å². The quantitative estimate of drug-likeness (QED) is 0.464. The van der Waals surface area contributed by atoms with Gasteiger partial charge < -0.3 is 9.64 Å². The Bertz CT molecular complexity index is 1120. The van der Waals surface area contributed by atoms with Crippen molar-refractivity contribution in [2.75, 3.05) is 24.6 Å². The summed E-state index contributed by atoms with van der Waals surface area (Å²) in [7, 11) is 0. The van der Waals surface area contributed by atoms with Crippen LogP contribution in [0.15, 0.2) is 6.07 Å². The molecule has 2 aromatic rings. The predicted octanol–water partition coefficient (Wildman–Crippen LogP) is 6.17. The molecule has 36 heavy (non-hydrogen) atoms. The lowest BCUT2D eigenvalue weighted by atomic mass is 9.80. The van der Waals surface area contributed by atoms with Crippen LogP contribution in [-0.4, -0.2) is 46.4 Å². The third-order valence-electron chi connectivity index (χ3n) is 8.63. The average Bonchev–Trinajstić information content (AvgIpc) is 3.26. The SMILES string of the molecule is CCOC(=O)[C@]1(C)CCCN(c2c3c(nc4cc(C5CCC(C(F)(F)F)CC5)nn24)CCC[C@H]3C)C1. The molecule has 1 saturated heterocycles. The summed E-state index contributed by atoms with van der Waals surface area (Å²) in [5, 5.41) is 4.99.